The molecule has 0 saturated carbocycles. The number of halogens is 1. The van der Waals surface area contributed by atoms with Crippen molar-refractivity contribution in [3.05, 3.63) is 59.9 Å². The number of hydrogen-bond donors (Lipinski definition) is 2. The molecular weight excluding hydrogens is 357 g/mol. The lowest BCUT2D eigenvalue weighted by Gasteiger charge is -2.23. The van der Waals surface area contributed by atoms with Crippen LogP contribution in [0.3, 0.4) is 0 Å². The number of likely N-dealkylation sites (N-methyl/N-ethyl adjacent to an activating group) is 1. The van der Waals surface area contributed by atoms with Gasteiger partial charge in [-0.25, -0.2) is 4.39 Å². The first-order chi connectivity index (χ1) is 13.2. The average Bonchev–Trinajstić information content (AvgIpc) is 2.62. The van der Waals surface area contributed by atoms with Gasteiger partial charge in [0.15, 0.2) is 0 Å². The van der Waals surface area contributed by atoms with Crippen molar-refractivity contribution >= 4 is 23.2 Å². The zero-order valence-corrected chi connectivity index (χ0v) is 16.8. The summed E-state index contributed by atoms with van der Waals surface area (Å²) in [6.07, 6.45) is 0.475. The zero-order valence-electron chi connectivity index (χ0n) is 16.8. The molecule has 28 heavy (non-hydrogen) atoms. The van der Waals surface area contributed by atoms with Crippen molar-refractivity contribution in [3.8, 4) is 0 Å². The standard InChI is InChI=1S/C22H28FN3O2/c1-15(2)12-21(27)25-20-10-8-19(9-11-20)24-16(3)22(28)26(4)14-17-6-5-7-18(23)13-17/h5-11,13,15-16,24H,12,14H2,1-4H3,(H,25,27). The molecule has 0 radical (unpaired) electrons. The number of nitrogens with zero attached hydrogens (tertiary/aromatic N) is 1. The minimum atomic E-state index is -0.444. The molecule has 5 nitrogen and oxygen atoms in total. The number of nitrogens with one attached hydrogen (secondary N) is 2. The number of anilines is 2. The smallest absolute Gasteiger partial charge is 0.244 e. The third-order valence-corrected chi connectivity index (χ3v) is 4.20. The van der Waals surface area contributed by atoms with E-state index < -0.39 is 6.04 Å². The first kappa shape index (κ1) is 21.4. The summed E-state index contributed by atoms with van der Waals surface area (Å²) in [5, 5.41) is 6.01. The Morgan fingerprint density at radius 2 is 1.68 bits per heavy atom. The predicted octanol–water partition coefficient (Wildman–Crippen LogP) is 4.27. The lowest BCUT2D eigenvalue weighted by Crippen LogP contribution is -2.38. The Morgan fingerprint density at radius 1 is 1.04 bits per heavy atom. The van der Waals surface area contributed by atoms with Crippen molar-refractivity contribution in [2.45, 2.75) is 39.8 Å². The quantitative estimate of drug-likeness (QED) is 0.713. The van der Waals surface area contributed by atoms with Gasteiger partial charge in [0.05, 0.1) is 0 Å². The average molecular weight is 385 g/mol. The molecule has 0 aliphatic carbocycles. The fourth-order valence-corrected chi connectivity index (χ4v) is 2.86. The fraction of sp³-hybridized carbons (Fsp3) is 0.364. The van der Waals surface area contributed by atoms with E-state index in [2.05, 4.69) is 10.6 Å². The molecule has 0 heterocycles. The minimum Gasteiger partial charge on any atom is -0.374 e. The van der Waals surface area contributed by atoms with Crippen molar-refractivity contribution in [2.24, 2.45) is 5.92 Å². The van der Waals surface area contributed by atoms with E-state index in [1.807, 2.05) is 26.0 Å². The molecule has 1 atom stereocenters. The second-order valence-electron chi connectivity index (χ2n) is 7.41. The van der Waals surface area contributed by atoms with Crippen LogP contribution >= 0.6 is 0 Å². The van der Waals surface area contributed by atoms with E-state index in [-0.39, 0.29) is 17.6 Å². The summed E-state index contributed by atoms with van der Waals surface area (Å²) >= 11 is 0. The van der Waals surface area contributed by atoms with Crippen molar-refractivity contribution < 1.29 is 14.0 Å². The van der Waals surface area contributed by atoms with Crippen LogP contribution in [0.1, 0.15) is 32.8 Å². The number of carbonyl (C=O) groups is 2. The summed E-state index contributed by atoms with van der Waals surface area (Å²) in [5.41, 5.74) is 2.24. The second kappa shape index (κ2) is 9.88. The lowest BCUT2D eigenvalue weighted by molar-refractivity contribution is -0.130. The van der Waals surface area contributed by atoms with Crippen LogP contribution in [-0.2, 0) is 16.1 Å². The normalized spacial score (nSPS) is 11.8. The van der Waals surface area contributed by atoms with Gasteiger partial charge in [-0.15, -0.1) is 0 Å². The Balaban J connectivity index is 1.89. The van der Waals surface area contributed by atoms with Gasteiger partial charge in [-0.1, -0.05) is 26.0 Å². The lowest BCUT2D eigenvalue weighted by atomic mass is 10.1. The highest BCUT2D eigenvalue weighted by atomic mass is 19.1. The summed E-state index contributed by atoms with van der Waals surface area (Å²) in [6, 6.07) is 13.0. The molecule has 2 aromatic rings. The van der Waals surface area contributed by atoms with Gasteiger partial charge >= 0.3 is 0 Å². The topological polar surface area (TPSA) is 61.4 Å². The van der Waals surface area contributed by atoms with Crippen molar-refractivity contribution in [2.75, 3.05) is 17.7 Å². The summed E-state index contributed by atoms with van der Waals surface area (Å²) in [4.78, 5) is 25.9. The van der Waals surface area contributed by atoms with Gasteiger partial charge in [-0.05, 0) is 54.8 Å². The molecule has 1 unspecified atom stereocenters. The van der Waals surface area contributed by atoms with Crippen LogP contribution in [0.5, 0.6) is 0 Å². The van der Waals surface area contributed by atoms with Gasteiger partial charge in [-0.3, -0.25) is 9.59 Å². The summed E-state index contributed by atoms with van der Waals surface area (Å²) in [7, 11) is 1.69. The highest BCUT2D eigenvalue weighted by molar-refractivity contribution is 5.91. The summed E-state index contributed by atoms with van der Waals surface area (Å²) < 4.78 is 13.3. The highest BCUT2D eigenvalue weighted by Crippen LogP contribution is 2.16. The maximum Gasteiger partial charge on any atom is 0.244 e. The number of benzene rings is 2. The van der Waals surface area contributed by atoms with Gasteiger partial charge in [0, 0.05) is 31.4 Å². The van der Waals surface area contributed by atoms with Gasteiger partial charge in [-0.2, -0.15) is 0 Å². The van der Waals surface area contributed by atoms with Gasteiger partial charge in [0.25, 0.3) is 0 Å². The Labute approximate surface area is 165 Å². The SMILES string of the molecule is CC(C)CC(=O)Nc1ccc(NC(C)C(=O)N(C)Cc2cccc(F)c2)cc1. The van der Waals surface area contributed by atoms with E-state index in [0.717, 1.165) is 16.9 Å². The molecule has 2 aromatic carbocycles. The van der Waals surface area contributed by atoms with Gasteiger partial charge in [0.1, 0.15) is 11.9 Å². The third-order valence-electron chi connectivity index (χ3n) is 4.20. The van der Waals surface area contributed by atoms with Crippen LogP contribution in [-0.4, -0.2) is 29.8 Å². The van der Waals surface area contributed by atoms with Crippen molar-refractivity contribution in [3.63, 3.8) is 0 Å². The monoisotopic (exact) mass is 385 g/mol. The van der Waals surface area contributed by atoms with Crippen LogP contribution in [0, 0.1) is 11.7 Å². The van der Waals surface area contributed by atoms with Crippen LogP contribution < -0.4 is 10.6 Å². The molecule has 0 aliphatic heterocycles. The largest absolute Gasteiger partial charge is 0.374 e. The van der Waals surface area contributed by atoms with Crippen molar-refractivity contribution in [1.29, 1.82) is 0 Å². The zero-order chi connectivity index (χ0) is 20.7. The van der Waals surface area contributed by atoms with Crippen molar-refractivity contribution in [1.82, 2.24) is 4.90 Å². The van der Waals surface area contributed by atoms with E-state index in [1.54, 1.807) is 43.1 Å². The Morgan fingerprint density at radius 3 is 2.29 bits per heavy atom. The maximum atomic E-state index is 13.3. The van der Waals surface area contributed by atoms with E-state index in [1.165, 1.54) is 12.1 Å². The predicted molar refractivity (Wildman–Crippen MR) is 110 cm³/mol. The van der Waals surface area contributed by atoms with Crippen LogP contribution in [0.4, 0.5) is 15.8 Å². The van der Waals surface area contributed by atoms with Crippen LogP contribution in [0.25, 0.3) is 0 Å². The maximum absolute atomic E-state index is 13.3. The first-order valence-electron chi connectivity index (χ1n) is 9.40. The van der Waals surface area contributed by atoms with Crippen LogP contribution in [0.15, 0.2) is 48.5 Å². The molecule has 0 fully saturated rings. The second-order valence-corrected chi connectivity index (χ2v) is 7.41. The van der Waals surface area contributed by atoms with Gasteiger partial charge in [0.2, 0.25) is 11.8 Å². The molecule has 0 aliphatic rings. The number of carbonyl (C=O) groups excluding carboxylic acids is 2. The minimum absolute atomic E-state index is 0.0155. The van der Waals surface area contributed by atoms with E-state index >= 15 is 0 Å². The molecular formula is C22H28FN3O2. The van der Waals surface area contributed by atoms with E-state index in [0.29, 0.717) is 18.9 Å². The Hall–Kier alpha value is -2.89. The molecule has 2 N–H and O–H groups in total. The Bertz CT molecular complexity index is 806. The number of amides is 2. The molecule has 2 rings (SSSR count). The number of hydrogen-bond acceptors (Lipinski definition) is 3. The summed E-state index contributed by atoms with van der Waals surface area (Å²) in [6.45, 7) is 6.11. The van der Waals surface area contributed by atoms with E-state index in [4.69, 9.17) is 0 Å². The molecule has 2 amide bonds. The van der Waals surface area contributed by atoms with Crippen LogP contribution in [0.2, 0.25) is 0 Å². The van der Waals surface area contributed by atoms with Gasteiger partial charge < -0.3 is 15.5 Å². The molecule has 0 saturated heterocycles. The third kappa shape index (κ3) is 6.68. The Kier molecular flexibility index (Phi) is 7.55. The summed E-state index contributed by atoms with van der Waals surface area (Å²) in [5.74, 6) is -0.126. The fourth-order valence-electron chi connectivity index (χ4n) is 2.86. The number of rotatable bonds is 8. The molecule has 6 heteroatoms. The molecule has 0 spiro atoms. The van der Waals surface area contributed by atoms with E-state index in [9.17, 15) is 14.0 Å². The molecule has 0 aromatic heterocycles. The molecule has 150 valence electrons. The molecule has 0 bridgehead atoms. The first-order valence-corrected chi connectivity index (χ1v) is 9.40. The highest BCUT2D eigenvalue weighted by Gasteiger charge is 2.17.